The lowest BCUT2D eigenvalue weighted by atomic mass is 9.99. The maximum atomic E-state index is 5.94. The van der Waals surface area contributed by atoms with Gasteiger partial charge in [-0.2, -0.15) is 0 Å². The van der Waals surface area contributed by atoms with Crippen molar-refractivity contribution in [1.82, 2.24) is 5.32 Å². The zero-order valence-electron chi connectivity index (χ0n) is 12.8. The van der Waals surface area contributed by atoms with Crippen LogP contribution in [0.25, 0.3) is 10.8 Å². The zero-order chi connectivity index (χ0) is 14.5. The van der Waals surface area contributed by atoms with Crippen LogP contribution in [0.2, 0.25) is 0 Å². The fourth-order valence-electron chi connectivity index (χ4n) is 2.92. The molecule has 1 fully saturated rings. The van der Waals surface area contributed by atoms with Crippen LogP contribution in [0.1, 0.15) is 37.8 Å². The third kappa shape index (κ3) is 3.84. The van der Waals surface area contributed by atoms with E-state index in [-0.39, 0.29) is 6.04 Å². The fraction of sp³-hybridized carbons (Fsp3) is 0.474. The summed E-state index contributed by atoms with van der Waals surface area (Å²) in [5.41, 5.74) is 1.35. The van der Waals surface area contributed by atoms with Crippen LogP contribution in [0.15, 0.2) is 42.5 Å². The summed E-state index contributed by atoms with van der Waals surface area (Å²) in [6, 6.07) is 15.4. The van der Waals surface area contributed by atoms with Crippen LogP contribution in [0.3, 0.4) is 0 Å². The number of likely N-dealkylation sites (N-methyl/N-ethyl adjacent to an activating group) is 1. The van der Waals surface area contributed by atoms with Crippen LogP contribution in [-0.4, -0.2) is 19.8 Å². The molecule has 0 amide bonds. The van der Waals surface area contributed by atoms with Gasteiger partial charge in [0.1, 0.15) is 0 Å². The minimum absolute atomic E-state index is 0.278. The predicted molar refractivity (Wildman–Crippen MR) is 88.5 cm³/mol. The maximum Gasteiger partial charge on any atom is 0.0661 e. The standard InChI is InChI=1S/C19H25NO/c1-2-20-19(14-21-13-12-15-10-11-15)18-9-5-7-16-6-3-4-8-17(16)18/h3-9,15,19-20H,2,10-14H2,1H3. The van der Waals surface area contributed by atoms with Gasteiger partial charge in [-0.1, -0.05) is 62.2 Å². The molecule has 2 nitrogen and oxygen atoms in total. The number of hydrogen-bond donors (Lipinski definition) is 1. The van der Waals surface area contributed by atoms with Crippen molar-refractivity contribution in [3.05, 3.63) is 48.0 Å². The highest BCUT2D eigenvalue weighted by molar-refractivity contribution is 5.86. The number of rotatable bonds is 8. The molecule has 1 unspecified atom stereocenters. The van der Waals surface area contributed by atoms with E-state index in [1.54, 1.807) is 0 Å². The Morgan fingerprint density at radius 2 is 1.95 bits per heavy atom. The predicted octanol–water partition coefficient (Wildman–Crippen LogP) is 4.31. The third-order valence-electron chi connectivity index (χ3n) is 4.30. The summed E-state index contributed by atoms with van der Waals surface area (Å²) in [4.78, 5) is 0. The summed E-state index contributed by atoms with van der Waals surface area (Å²) >= 11 is 0. The second-order valence-corrected chi connectivity index (χ2v) is 5.99. The third-order valence-corrected chi connectivity index (χ3v) is 4.30. The Morgan fingerprint density at radius 1 is 1.14 bits per heavy atom. The number of nitrogens with one attached hydrogen (secondary N) is 1. The molecule has 3 rings (SSSR count). The molecule has 0 saturated heterocycles. The summed E-state index contributed by atoms with van der Waals surface area (Å²) in [6.45, 7) is 4.77. The van der Waals surface area contributed by atoms with E-state index in [2.05, 4.69) is 54.7 Å². The molecule has 0 aliphatic heterocycles. The molecule has 2 aromatic carbocycles. The van der Waals surface area contributed by atoms with E-state index in [9.17, 15) is 0 Å². The Morgan fingerprint density at radius 3 is 2.76 bits per heavy atom. The quantitative estimate of drug-likeness (QED) is 0.729. The van der Waals surface area contributed by atoms with Crippen LogP contribution < -0.4 is 5.32 Å². The van der Waals surface area contributed by atoms with Crippen molar-refractivity contribution >= 4 is 10.8 Å². The molecule has 2 heteroatoms. The monoisotopic (exact) mass is 283 g/mol. The summed E-state index contributed by atoms with van der Waals surface area (Å²) in [5.74, 6) is 0.945. The number of hydrogen-bond acceptors (Lipinski definition) is 2. The van der Waals surface area contributed by atoms with Crippen molar-refractivity contribution in [1.29, 1.82) is 0 Å². The van der Waals surface area contributed by atoms with E-state index in [0.29, 0.717) is 0 Å². The van der Waals surface area contributed by atoms with Gasteiger partial charge in [-0.3, -0.25) is 0 Å². The number of fused-ring (bicyclic) bond motifs is 1. The van der Waals surface area contributed by atoms with Gasteiger partial charge in [0, 0.05) is 6.61 Å². The van der Waals surface area contributed by atoms with Gasteiger partial charge in [0.2, 0.25) is 0 Å². The Kier molecular flexibility index (Phi) is 4.89. The van der Waals surface area contributed by atoms with E-state index in [1.165, 1.54) is 35.6 Å². The van der Waals surface area contributed by atoms with Crippen LogP contribution in [0, 0.1) is 5.92 Å². The molecule has 1 aliphatic rings. The van der Waals surface area contributed by atoms with Crippen LogP contribution in [0.5, 0.6) is 0 Å². The average Bonchev–Trinajstić information content (AvgIpc) is 3.34. The van der Waals surface area contributed by atoms with E-state index in [4.69, 9.17) is 4.74 Å². The smallest absolute Gasteiger partial charge is 0.0661 e. The highest BCUT2D eigenvalue weighted by Gasteiger charge is 2.21. The first-order valence-corrected chi connectivity index (χ1v) is 8.17. The first kappa shape index (κ1) is 14.6. The molecule has 0 spiro atoms. The minimum Gasteiger partial charge on any atom is -0.379 e. The number of benzene rings is 2. The molecule has 1 aliphatic carbocycles. The lowest BCUT2D eigenvalue weighted by Crippen LogP contribution is -2.25. The fourth-order valence-corrected chi connectivity index (χ4v) is 2.92. The van der Waals surface area contributed by atoms with Gasteiger partial charge < -0.3 is 10.1 Å². The molecule has 1 saturated carbocycles. The van der Waals surface area contributed by atoms with E-state index in [0.717, 1.165) is 25.7 Å². The minimum atomic E-state index is 0.278. The molecule has 0 heterocycles. The molecular formula is C19H25NO. The second kappa shape index (κ2) is 7.06. The van der Waals surface area contributed by atoms with E-state index >= 15 is 0 Å². The van der Waals surface area contributed by atoms with Gasteiger partial charge in [0.15, 0.2) is 0 Å². The molecule has 0 radical (unpaired) electrons. The maximum absolute atomic E-state index is 5.94. The number of ether oxygens (including phenoxy) is 1. The molecular weight excluding hydrogens is 258 g/mol. The van der Waals surface area contributed by atoms with Gasteiger partial charge in [-0.15, -0.1) is 0 Å². The summed E-state index contributed by atoms with van der Waals surface area (Å²) < 4.78 is 5.94. The lowest BCUT2D eigenvalue weighted by molar-refractivity contribution is 0.107. The topological polar surface area (TPSA) is 21.3 Å². The first-order chi connectivity index (χ1) is 10.4. The van der Waals surface area contributed by atoms with Crippen LogP contribution in [-0.2, 0) is 4.74 Å². The molecule has 112 valence electrons. The Labute approximate surface area is 127 Å². The van der Waals surface area contributed by atoms with Crippen molar-refractivity contribution < 1.29 is 4.74 Å². The normalized spacial score (nSPS) is 16.2. The Hall–Kier alpha value is -1.38. The van der Waals surface area contributed by atoms with Gasteiger partial charge >= 0.3 is 0 Å². The van der Waals surface area contributed by atoms with E-state index in [1.807, 2.05) is 0 Å². The zero-order valence-corrected chi connectivity index (χ0v) is 12.8. The van der Waals surface area contributed by atoms with Gasteiger partial charge in [-0.05, 0) is 35.2 Å². The molecule has 21 heavy (non-hydrogen) atoms. The van der Waals surface area contributed by atoms with Crippen molar-refractivity contribution in [3.63, 3.8) is 0 Å². The van der Waals surface area contributed by atoms with Gasteiger partial charge in [0.25, 0.3) is 0 Å². The van der Waals surface area contributed by atoms with Crippen LogP contribution in [0.4, 0.5) is 0 Å². The Bertz CT molecular complexity index is 571. The van der Waals surface area contributed by atoms with Gasteiger partial charge in [-0.25, -0.2) is 0 Å². The van der Waals surface area contributed by atoms with Gasteiger partial charge in [0.05, 0.1) is 12.6 Å². The van der Waals surface area contributed by atoms with Crippen molar-refractivity contribution in [3.8, 4) is 0 Å². The Balaban J connectivity index is 1.71. The van der Waals surface area contributed by atoms with Crippen molar-refractivity contribution in [2.75, 3.05) is 19.8 Å². The molecule has 1 N–H and O–H groups in total. The summed E-state index contributed by atoms with van der Waals surface area (Å²) in [5, 5.41) is 6.20. The SMILES string of the molecule is CCNC(COCCC1CC1)c1cccc2ccccc12. The van der Waals surface area contributed by atoms with Crippen molar-refractivity contribution in [2.45, 2.75) is 32.2 Å². The summed E-state index contributed by atoms with van der Waals surface area (Å²) in [7, 11) is 0. The second-order valence-electron chi connectivity index (χ2n) is 5.99. The molecule has 1 atom stereocenters. The first-order valence-electron chi connectivity index (χ1n) is 8.17. The lowest BCUT2D eigenvalue weighted by Gasteiger charge is -2.20. The average molecular weight is 283 g/mol. The van der Waals surface area contributed by atoms with Crippen LogP contribution >= 0.6 is 0 Å². The molecule has 0 aromatic heterocycles. The highest BCUT2D eigenvalue weighted by Crippen LogP contribution is 2.32. The summed E-state index contributed by atoms with van der Waals surface area (Å²) in [6.07, 6.45) is 4.04. The largest absolute Gasteiger partial charge is 0.379 e. The van der Waals surface area contributed by atoms with Crippen molar-refractivity contribution in [2.24, 2.45) is 5.92 Å². The highest BCUT2D eigenvalue weighted by atomic mass is 16.5. The molecule has 2 aromatic rings. The molecule has 0 bridgehead atoms. The van der Waals surface area contributed by atoms with E-state index < -0.39 is 0 Å².